The molecular weight excluding hydrogens is 454 g/mol. The molecule has 0 saturated carbocycles. The zero-order valence-corrected chi connectivity index (χ0v) is 17.0. The quantitative estimate of drug-likeness (QED) is 0.159. The van der Waals surface area contributed by atoms with Crippen LogP contribution in [0.4, 0.5) is 0 Å². The second-order valence-electron chi connectivity index (χ2n) is 5.21. The van der Waals surface area contributed by atoms with Gasteiger partial charge in [0.05, 0.1) is 0 Å². The Kier molecular flexibility index (Phi) is 11.4. The van der Waals surface area contributed by atoms with Crippen LogP contribution in [0.25, 0.3) is 0 Å². The van der Waals surface area contributed by atoms with E-state index in [2.05, 4.69) is 0 Å². The number of aliphatic hydroxyl groups is 2. The summed E-state index contributed by atoms with van der Waals surface area (Å²) in [5.74, 6) is -3.20. The van der Waals surface area contributed by atoms with Crippen LogP contribution >= 0.6 is 15.9 Å². The fourth-order valence-electron chi connectivity index (χ4n) is 1.65. The average Bonchev–Trinajstić information content (AvgIpc) is 2.59. The Labute approximate surface area is 167 Å². The molecule has 0 spiro atoms. The van der Waals surface area contributed by atoms with Crippen LogP contribution in [0.5, 0.6) is 0 Å². The van der Waals surface area contributed by atoms with Crippen LogP contribution in [0.3, 0.4) is 0 Å². The summed E-state index contributed by atoms with van der Waals surface area (Å²) >= 11 is 0. The third-order valence-corrected chi connectivity index (χ3v) is 4.76. The van der Waals surface area contributed by atoms with Gasteiger partial charge in [-0.2, -0.15) is 29.4 Å². The van der Waals surface area contributed by atoms with E-state index in [0.29, 0.717) is 11.1 Å². The molecule has 2 atom stereocenters. The molecule has 0 aliphatic rings. The number of hydrogen-bond donors (Lipinski definition) is 8. The van der Waals surface area contributed by atoms with Gasteiger partial charge in [0.2, 0.25) is 0 Å². The normalized spacial score (nSPS) is 13.9. The van der Waals surface area contributed by atoms with Crippen LogP contribution in [0.15, 0.2) is 60.7 Å². The minimum atomic E-state index is -5.17. The SMILES string of the molecule is O=S(=O)([O-])[O-].OC(c1ccccc1)[P+](O)(O)O.OC(c1ccccc1)[P+](O)(O)O. The second-order valence-corrected chi connectivity index (χ2v) is 9.46. The molecule has 15 heteroatoms. The highest BCUT2D eigenvalue weighted by Crippen LogP contribution is 2.58. The molecular formula is C14H20O12P2S. The van der Waals surface area contributed by atoms with Crippen LogP contribution in [-0.2, 0) is 10.4 Å². The van der Waals surface area contributed by atoms with Gasteiger partial charge in [-0.3, -0.25) is 8.42 Å². The van der Waals surface area contributed by atoms with Gasteiger partial charge in [0.25, 0.3) is 11.7 Å². The lowest BCUT2D eigenvalue weighted by molar-refractivity contribution is 0.184. The van der Waals surface area contributed by atoms with Crippen LogP contribution in [0.2, 0.25) is 0 Å². The van der Waals surface area contributed by atoms with Crippen LogP contribution < -0.4 is 0 Å². The predicted molar refractivity (Wildman–Crippen MR) is 100 cm³/mol. The van der Waals surface area contributed by atoms with Crippen molar-refractivity contribution in [3.63, 3.8) is 0 Å². The molecule has 0 saturated heterocycles. The molecule has 164 valence electrons. The zero-order chi connectivity index (χ0) is 22.9. The average molecular weight is 474 g/mol. The van der Waals surface area contributed by atoms with Gasteiger partial charge in [-0.25, -0.2) is 0 Å². The first-order valence-electron chi connectivity index (χ1n) is 7.30. The third-order valence-electron chi connectivity index (χ3n) is 2.85. The molecule has 8 N–H and O–H groups in total. The van der Waals surface area contributed by atoms with Crippen molar-refractivity contribution in [2.24, 2.45) is 0 Å². The first kappa shape index (κ1) is 27.8. The summed E-state index contributed by atoms with van der Waals surface area (Å²) in [5.41, 5.74) is 0.580. The zero-order valence-electron chi connectivity index (χ0n) is 14.4. The Morgan fingerprint density at radius 3 is 1.00 bits per heavy atom. The van der Waals surface area contributed by atoms with E-state index in [-0.39, 0.29) is 0 Å². The maximum absolute atomic E-state index is 9.16. The standard InChI is InChI=1S/2C7H10O4P.H2O4S/c2*8-7(12(9,10)11)6-4-2-1-3-5-6;1-5(2,3)4/h2*1-5,7-11H;(H2,1,2,3,4)/q2*+1;/p-2. The summed E-state index contributed by atoms with van der Waals surface area (Å²) in [6.45, 7) is 0. The van der Waals surface area contributed by atoms with Gasteiger partial charge in [-0.15, -0.1) is 0 Å². The monoisotopic (exact) mass is 474 g/mol. The van der Waals surface area contributed by atoms with Gasteiger partial charge >= 0.3 is 15.9 Å². The van der Waals surface area contributed by atoms with Crippen molar-refractivity contribution >= 4 is 26.3 Å². The first-order valence-corrected chi connectivity index (χ1v) is 12.1. The largest absolute Gasteiger partial charge is 0.759 e. The molecule has 2 unspecified atom stereocenters. The summed E-state index contributed by atoms with van der Waals surface area (Å²) in [6, 6.07) is 16.0. The van der Waals surface area contributed by atoms with Gasteiger partial charge in [0, 0.05) is 21.5 Å². The van der Waals surface area contributed by atoms with E-state index in [1.165, 1.54) is 24.3 Å². The van der Waals surface area contributed by atoms with Crippen molar-refractivity contribution in [1.29, 1.82) is 0 Å². The highest BCUT2D eigenvalue weighted by atomic mass is 32.3. The van der Waals surface area contributed by atoms with E-state index in [0.717, 1.165) is 0 Å². The number of benzene rings is 2. The Balaban J connectivity index is 0.000000442. The Bertz CT molecular complexity index is 742. The lowest BCUT2D eigenvalue weighted by Gasteiger charge is -2.10. The van der Waals surface area contributed by atoms with Crippen molar-refractivity contribution < 1.29 is 57.1 Å². The van der Waals surface area contributed by atoms with Crippen LogP contribution in [-0.4, -0.2) is 57.1 Å². The molecule has 0 aliphatic heterocycles. The van der Waals surface area contributed by atoms with Crippen molar-refractivity contribution in [3.05, 3.63) is 71.8 Å². The number of aliphatic hydroxyl groups excluding tert-OH is 2. The third kappa shape index (κ3) is 13.7. The minimum Gasteiger partial charge on any atom is -0.759 e. The molecule has 0 aromatic heterocycles. The second kappa shape index (κ2) is 11.9. The molecule has 2 aromatic carbocycles. The van der Waals surface area contributed by atoms with Crippen molar-refractivity contribution in [2.75, 3.05) is 0 Å². The highest BCUT2D eigenvalue weighted by Gasteiger charge is 2.43. The lowest BCUT2D eigenvalue weighted by atomic mass is 10.2. The summed E-state index contributed by atoms with van der Waals surface area (Å²) in [5, 5.41) is 18.3. The Hall–Kier alpha value is -1.15. The van der Waals surface area contributed by atoms with Gasteiger partial charge in [0.1, 0.15) is 0 Å². The van der Waals surface area contributed by atoms with E-state index >= 15 is 0 Å². The highest BCUT2D eigenvalue weighted by molar-refractivity contribution is 7.79. The summed E-state index contributed by atoms with van der Waals surface area (Å²) in [4.78, 5) is 52.3. The van der Waals surface area contributed by atoms with Gasteiger partial charge in [-0.1, -0.05) is 60.7 Å². The van der Waals surface area contributed by atoms with E-state index < -0.39 is 38.0 Å². The van der Waals surface area contributed by atoms with Crippen molar-refractivity contribution in [2.45, 2.75) is 11.7 Å². The predicted octanol–water partition coefficient (Wildman–Crippen LogP) is -0.504. The molecule has 12 nitrogen and oxygen atoms in total. The maximum atomic E-state index is 9.16. The van der Waals surface area contributed by atoms with E-state index in [1.54, 1.807) is 36.4 Å². The molecule has 2 aromatic rings. The number of hydrogen-bond acceptors (Lipinski definition) is 12. The molecule has 0 aliphatic carbocycles. The molecule has 0 amide bonds. The summed E-state index contributed by atoms with van der Waals surface area (Å²) < 4.78 is 34.1. The smallest absolute Gasteiger partial charge is 0.439 e. The molecule has 0 fully saturated rings. The van der Waals surface area contributed by atoms with E-state index in [4.69, 9.17) is 57.1 Å². The van der Waals surface area contributed by atoms with E-state index in [1.807, 2.05) is 0 Å². The Morgan fingerprint density at radius 2 is 0.828 bits per heavy atom. The molecule has 0 radical (unpaired) electrons. The van der Waals surface area contributed by atoms with Gasteiger partial charge in [-0.05, 0) is 0 Å². The topological polar surface area (TPSA) is 242 Å². The first-order chi connectivity index (χ1) is 13.0. The van der Waals surface area contributed by atoms with Gasteiger partial charge in [0.15, 0.2) is 0 Å². The fourth-order valence-corrected chi connectivity index (χ4v) is 2.79. The molecule has 0 bridgehead atoms. The molecule has 2 rings (SSSR count). The fraction of sp³-hybridized carbons (Fsp3) is 0.143. The van der Waals surface area contributed by atoms with E-state index in [9.17, 15) is 0 Å². The van der Waals surface area contributed by atoms with Crippen molar-refractivity contribution in [1.82, 2.24) is 0 Å². The molecule has 29 heavy (non-hydrogen) atoms. The summed E-state index contributed by atoms with van der Waals surface area (Å²) in [6.07, 6.45) is 0. The van der Waals surface area contributed by atoms with Crippen LogP contribution in [0, 0.1) is 0 Å². The minimum absolute atomic E-state index is 0.290. The summed E-state index contributed by atoms with van der Waals surface area (Å²) in [7, 11) is -13.5. The number of rotatable bonds is 4. The lowest BCUT2D eigenvalue weighted by Crippen LogP contribution is -2.03. The van der Waals surface area contributed by atoms with Crippen LogP contribution in [0.1, 0.15) is 22.8 Å². The van der Waals surface area contributed by atoms with Gasteiger partial charge < -0.3 is 19.3 Å². The van der Waals surface area contributed by atoms with Crippen molar-refractivity contribution in [3.8, 4) is 0 Å². The maximum Gasteiger partial charge on any atom is 0.439 e. The Morgan fingerprint density at radius 1 is 0.621 bits per heavy atom. The molecule has 0 heterocycles.